The van der Waals surface area contributed by atoms with Crippen LogP contribution in [0.15, 0.2) is 77.7 Å². The molecule has 1 heterocycles. The smallest absolute Gasteiger partial charge is 0.264 e. The van der Waals surface area contributed by atoms with Crippen LogP contribution in [0.2, 0.25) is 5.02 Å². The molecule has 4 rings (SSSR count). The second kappa shape index (κ2) is 10.5. The maximum atomic E-state index is 13.4. The molecule has 0 aromatic heterocycles. The van der Waals surface area contributed by atoms with Gasteiger partial charge in [-0.25, -0.2) is 8.42 Å². The van der Waals surface area contributed by atoms with Crippen LogP contribution in [-0.2, 0) is 21.2 Å². The van der Waals surface area contributed by atoms with Crippen molar-refractivity contribution in [2.75, 3.05) is 35.4 Å². The van der Waals surface area contributed by atoms with Gasteiger partial charge in [0.05, 0.1) is 10.6 Å². The molecule has 0 unspecified atom stereocenters. The van der Waals surface area contributed by atoms with Crippen LogP contribution in [0.5, 0.6) is 0 Å². The van der Waals surface area contributed by atoms with Gasteiger partial charge in [0.25, 0.3) is 10.0 Å². The Labute approximate surface area is 206 Å². The van der Waals surface area contributed by atoms with Gasteiger partial charge in [0.1, 0.15) is 6.54 Å². The minimum absolute atomic E-state index is 0.120. The SMILES string of the molecule is Cc1ccc(Cl)cc1N(CC(=O)NCCCN1CCc2ccccc21)S(=O)(=O)c1ccccc1. The van der Waals surface area contributed by atoms with E-state index in [0.29, 0.717) is 22.8 Å². The van der Waals surface area contributed by atoms with Crippen molar-refractivity contribution in [3.63, 3.8) is 0 Å². The summed E-state index contributed by atoms with van der Waals surface area (Å²) in [7, 11) is -3.96. The van der Waals surface area contributed by atoms with Crippen LogP contribution >= 0.6 is 11.6 Å². The highest BCUT2D eigenvalue weighted by Gasteiger charge is 2.28. The molecule has 0 bridgehead atoms. The van der Waals surface area contributed by atoms with Crippen molar-refractivity contribution in [3.05, 3.63) is 88.9 Å². The van der Waals surface area contributed by atoms with E-state index in [1.807, 2.05) is 6.07 Å². The lowest BCUT2D eigenvalue weighted by molar-refractivity contribution is -0.119. The van der Waals surface area contributed by atoms with Crippen molar-refractivity contribution in [2.24, 2.45) is 0 Å². The van der Waals surface area contributed by atoms with Gasteiger partial charge in [-0.15, -0.1) is 0 Å². The van der Waals surface area contributed by atoms with Gasteiger partial charge >= 0.3 is 0 Å². The van der Waals surface area contributed by atoms with Gasteiger partial charge < -0.3 is 10.2 Å². The standard InChI is InChI=1S/C26H28ClN3O3S/c1-20-12-13-22(27)18-25(20)30(34(32,33)23-9-3-2-4-10-23)19-26(31)28-15-7-16-29-17-14-21-8-5-6-11-24(21)29/h2-6,8-13,18H,7,14-17,19H2,1H3,(H,28,31). The van der Waals surface area contributed by atoms with E-state index in [0.717, 1.165) is 30.2 Å². The zero-order valence-corrected chi connectivity index (χ0v) is 20.6. The number of anilines is 2. The Balaban J connectivity index is 1.43. The highest BCUT2D eigenvalue weighted by Crippen LogP contribution is 2.29. The number of para-hydroxylation sites is 1. The molecule has 3 aromatic carbocycles. The number of halogens is 1. The molecule has 0 saturated heterocycles. The first-order valence-electron chi connectivity index (χ1n) is 11.3. The fourth-order valence-electron chi connectivity index (χ4n) is 4.19. The molecule has 0 atom stereocenters. The number of sulfonamides is 1. The Morgan fingerprint density at radius 1 is 1.06 bits per heavy atom. The molecule has 178 valence electrons. The molecular formula is C26H28ClN3O3S. The summed E-state index contributed by atoms with van der Waals surface area (Å²) in [4.78, 5) is 15.3. The first-order valence-corrected chi connectivity index (χ1v) is 13.1. The van der Waals surface area contributed by atoms with Gasteiger partial charge in [-0.3, -0.25) is 9.10 Å². The van der Waals surface area contributed by atoms with E-state index in [9.17, 15) is 13.2 Å². The van der Waals surface area contributed by atoms with Gasteiger partial charge in [-0.05, 0) is 61.2 Å². The van der Waals surface area contributed by atoms with Crippen molar-refractivity contribution in [1.82, 2.24) is 5.32 Å². The predicted molar refractivity (Wildman–Crippen MR) is 137 cm³/mol. The average Bonchev–Trinajstić information content (AvgIpc) is 3.25. The van der Waals surface area contributed by atoms with E-state index in [-0.39, 0.29) is 17.3 Å². The van der Waals surface area contributed by atoms with Gasteiger partial charge in [0, 0.05) is 30.3 Å². The fraction of sp³-hybridized carbons (Fsp3) is 0.269. The number of nitrogens with one attached hydrogen (secondary N) is 1. The van der Waals surface area contributed by atoms with E-state index >= 15 is 0 Å². The summed E-state index contributed by atoms with van der Waals surface area (Å²) in [5, 5.41) is 3.29. The molecule has 1 aliphatic rings. The highest BCUT2D eigenvalue weighted by molar-refractivity contribution is 7.92. The zero-order chi connectivity index (χ0) is 24.1. The van der Waals surface area contributed by atoms with E-state index in [2.05, 4.69) is 28.4 Å². The van der Waals surface area contributed by atoms with Crippen LogP contribution in [0.1, 0.15) is 17.5 Å². The summed E-state index contributed by atoms with van der Waals surface area (Å²) in [6.07, 6.45) is 1.80. The Morgan fingerprint density at radius 2 is 1.79 bits per heavy atom. The number of hydrogen-bond donors (Lipinski definition) is 1. The van der Waals surface area contributed by atoms with E-state index in [1.54, 1.807) is 43.3 Å². The van der Waals surface area contributed by atoms with Crippen LogP contribution in [0.4, 0.5) is 11.4 Å². The Morgan fingerprint density at radius 3 is 2.59 bits per heavy atom. The van der Waals surface area contributed by atoms with Gasteiger partial charge in [-0.1, -0.05) is 54.1 Å². The maximum absolute atomic E-state index is 13.4. The lowest BCUT2D eigenvalue weighted by Gasteiger charge is -2.26. The minimum atomic E-state index is -3.96. The van der Waals surface area contributed by atoms with Crippen LogP contribution in [0.25, 0.3) is 0 Å². The summed E-state index contributed by atoms with van der Waals surface area (Å²) < 4.78 is 28.0. The van der Waals surface area contributed by atoms with Crippen molar-refractivity contribution in [3.8, 4) is 0 Å². The van der Waals surface area contributed by atoms with E-state index in [4.69, 9.17) is 11.6 Å². The molecule has 1 N–H and O–H groups in total. The third-order valence-corrected chi connectivity index (χ3v) is 7.98. The second-order valence-electron chi connectivity index (χ2n) is 8.32. The summed E-state index contributed by atoms with van der Waals surface area (Å²) in [5.74, 6) is -0.360. The summed E-state index contributed by atoms with van der Waals surface area (Å²) in [5.41, 5.74) is 3.71. The number of benzene rings is 3. The van der Waals surface area contributed by atoms with Gasteiger partial charge in [-0.2, -0.15) is 0 Å². The summed E-state index contributed by atoms with van der Waals surface area (Å²) in [6, 6.07) is 21.5. The topological polar surface area (TPSA) is 69.7 Å². The van der Waals surface area contributed by atoms with Crippen LogP contribution in [0, 0.1) is 6.92 Å². The maximum Gasteiger partial charge on any atom is 0.264 e. The van der Waals surface area contributed by atoms with Crippen molar-refractivity contribution >= 4 is 38.9 Å². The third-order valence-electron chi connectivity index (χ3n) is 5.97. The van der Waals surface area contributed by atoms with Crippen molar-refractivity contribution < 1.29 is 13.2 Å². The van der Waals surface area contributed by atoms with Gasteiger partial charge in [0.15, 0.2) is 0 Å². The number of amides is 1. The molecule has 0 radical (unpaired) electrons. The largest absolute Gasteiger partial charge is 0.371 e. The normalized spacial score (nSPS) is 12.9. The van der Waals surface area contributed by atoms with E-state index < -0.39 is 10.0 Å². The number of carbonyl (C=O) groups is 1. The van der Waals surface area contributed by atoms with E-state index in [1.165, 1.54) is 23.4 Å². The molecule has 0 fully saturated rings. The van der Waals surface area contributed by atoms with Crippen molar-refractivity contribution in [2.45, 2.75) is 24.7 Å². The lowest BCUT2D eigenvalue weighted by atomic mass is 10.2. The van der Waals surface area contributed by atoms with Gasteiger partial charge in [0.2, 0.25) is 5.91 Å². The summed E-state index contributed by atoms with van der Waals surface area (Å²) in [6.45, 7) is 3.74. The highest BCUT2D eigenvalue weighted by atomic mass is 35.5. The molecule has 3 aromatic rings. The number of nitrogens with zero attached hydrogens (tertiary/aromatic N) is 2. The molecular weight excluding hydrogens is 470 g/mol. The first-order chi connectivity index (χ1) is 16.4. The predicted octanol–water partition coefficient (Wildman–Crippen LogP) is 4.41. The van der Waals surface area contributed by atoms with Crippen molar-refractivity contribution in [1.29, 1.82) is 0 Å². The third kappa shape index (κ3) is 5.37. The number of aryl methyl sites for hydroxylation is 1. The monoisotopic (exact) mass is 497 g/mol. The number of rotatable bonds is 9. The molecule has 0 spiro atoms. The van der Waals surface area contributed by atoms with Crippen LogP contribution < -0.4 is 14.5 Å². The molecule has 1 aliphatic heterocycles. The Kier molecular flexibility index (Phi) is 7.44. The lowest BCUT2D eigenvalue weighted by Crippen LogP contribution is -2.41. The number of fused-ring (bicyclic) bond motifs is 1. The summed E-state index contributed by atoms with van der Waals surface area (Å²) >= 11 is 6.17. The quantitative estimate of drug-likeness (QED) is 0.444. The van der Waals surface area contributed by atoms with Crippen LogP contribution in [-0.4, -0.2) is 40.5 Å². The second-order valence-corrected chi connectivity index (χ2v) is 10.6. The minimum Gasteiger partial charge on any atom is -0.371 e. The Bertz CT molecular complexity index is 1270. The van der Waals surface area contributed by atoms with Crippen LogP contribution in [0.3, 0.4) is 0 Å². The average molecular weight is 498 g/mol. The molecule has 34 heavy (non-hydrogen) atoms. The zero-order valence-electron chi connectivity index (χ0n) is 19.1. The molecule has 8 heteroatoms. The number of carbonyl (C=O) groups excluding carboxylic acids is 1. The molecule has 0 aliphatic carbocycles. The molecule has 1 amide bonds. The molecule has 6 nitrogen and oxygen atoms in total. The molecule has 0 saturated carbocycles. The fourth-order valence-corrected chi connectivity index (χ4v) is 5.86. The first kappa shape index (κ1) is 24.1. The number of hydrogen-bond acceptors (Lipinski definition) is 4. The Hall–Kier alpha value is -3.03.